The summed E-state index contributed by atoms with van der Waals surface area (Å²) < 4.78 is 61.0. The average molecular weight is 339 g/mol. The lowest BCUT2D eigenvalue weighted by atomic mass is 10.2. The van der Waals surface area contributed by atoms with Gasteiger partial charge in [-0.05, 0) is 12.1 Å². The fourth-order valence-corrected chi connectivity index (χ4v) is 3.32. The van der Waals surface area contributed by atoms with E-state index in [1.165, 1.54) is 4.90 Å². The lowest BCUT2D eigenvalue weighted by Crippen LogP contribution is -2.41. The van der Waals surface area contributed by atoms with Crippen molar-refractivity contribution in [3.8, 4) is 0 Å². The number of rotatable bonds is 2. The molecule has 1 aliphatic heterocycles. The molecule has 0 aliphatic carbocycles. The van der Waals surface area contributed by atoms with Crippen LogP contribution in [0.3, 0.4) is 0 Å². The first-order valence-corrected chi connectivity index (χ1v) is 8.16. The molecule has 1 aromatic rings. The quantitative estimate of drug-likeness (QED) is 0.809. The van der Waals surface area contributed by atoms with Crippen molar-refractivity contribution in [3.05, 3.63) is 23.4 Å². The second kappa shape index (κ2) is 5.41. The van der Waals surface area contributed by atoms with Gasteiger partial charge in [-0.15, -0.1) is 0 Å². The topological polar surface area (TPSA) is 76.3 Å². The minimum Gasteiger partial charge on any atom is -0.389 e. The Morgan fingerprint density at radius 3 is 2.33 bits per heavy atom. The van der Waals surface area contributed by atoms with Gasteiger partial charge in [-0.25, -0.2) is 13.4 Å². The van der Waals surface area contributed by atoms with Crippen molar-refractivity contribution in [3.63, 3.8) is 0 Å². The fraction of sp³-hybridized carbons (Fsp3) is 0.455. The number of thiocarbonyl (C=S) groups is 1. The second-order valence-corrected chi connectivity index (χ2v) is 7.31. The first kappa shape index (κ1) is 16.0. The molecule has 2 rings (SSSR count). The highest BCUT2D eigenvalue weighted by Crippen LogP contribution is 2.31. The summed E-state index contributed by atoms with van der Waals surface area (Å²) in [5.41, 5.74) is 4.64. The number of hydrogen-bond acceptors (Lipinski definition) is 5. The van der Waals surface area contributed by atoms with E-state index in [1.807, 2.05) is 0 Å². The molecule has 0 radical (unpaired) electrons. The summed E-state index contributed by atoms with van der Waals surface area (Å²) in [4.78, 5) is 4.95. The SMILES string of the molecule is NC(=S)c1ccc(C(F)(F)F)nc1N1CCS(=O)(=O)CC1. The van der Waals surface area contributed by atoms with Gasteiger partial charge in [0.15, 0.2) is 9.84 Å². The van der Waals surface area contributed by atoms with E-state index in [-0.39, 0.29) is 41.0 Å². The average Bonchev–Trinajstić information content (AvgIpc) is 2.37. The molecule has 0 bridgehead atoms. The van der Waals surface area contributed by atoms with E-state index in [0.717, 1.165) is 12.1 Å². The Morgan fingerprint density at radius 1 is 1.29 bits per heavy atom. The standard InChI is InChI=1S/C11H12F3N3O2S2/c12-11(13,14)8-2-1-7(9(15)20)10(16-8)17-3-5-21(18,19)6-4-17/h1-2H,3-6H2,(H2,15,20). The van der Waals surface area contributed by atoms with Crippen LogP contribution in [0.25, 0.3) is 0 Å². The zero-order chi connectivity index (χ0) is 15.8. The maximum atomic E-state index is 12.7. The highest BCUT2D eigenvalue weighted by atomic mass is 32.2. The molecule has 0 saturated carbocycles. The Balaban J connectivity index is 2.42. The smallest absolute Gasteiger partial charge is 0.389 e. The molecule has 0 spiro atoms. The number of alkyl halides is 3. The van der Waals surface area contributed by atoms with Gasteiger partial charge in [0.2, 0.25) is 0 Å². The summed E-state index contributed by atoms with van der Waals surface area (Å²) in [7, 11) is -3.15. The molecule has 1 aromatic heterocycles. The lowest BCUT2D eigenvalue weighted by Gasteiger charge is -2.29. The van der Waals surface area contributed by atoms with E-state index in [1.54, 1.807) is 0 Å². The Hall–Kier alpha value is -1.42. The molecule has 2 heterocycles. The van der Waals surface area contributed by atoms with Gasteiger partial charge in [-0.1, -0.05) is 12.2 Å². The second-order valence-electron chi connectivity index (χ2n) is 4.57. The molecule has 10 heteroatoms. The Bertz CT molecular complexity index is 660. The molecule has 0 atom stereocenters. The first-order chi connectivity index (χ1) is 9.60. The van der Waals surface area contributed by atoms with Crippen molar-refractivity contribution in [2.45, 2.75) is 6.18 Å². The van der Waals surface area contributed by atoms with Crippen LogP contribution in [0.4, 0.5) is 19.0 Å². The van der Waals surface area contributed by atoms with Gasteiger partial charge in [0, 0.05) is 13.1 Å². The third-order valence-electron chi connectivity index (χ3n) is 3.07. The maximum Gasteiger partial charge on any atom is 0.433 e. The zero-order valence-electron chi connectivity index (χ0n) is 10.7. The fourth-order valence-electron chi connectivity index (χ4n) is 1.96. The third kappa shape index (κ3) is 3.62. The van der Waals surface area contributed by atoms with Gasteiger partial charge < -0.3 is 10.6 Å². The monoisotopic (exact) mass is 339 g/mol. The molecule has 0 amide bonds. The van der Waals surface area contributed by atoms with Crippen LogP contribution in [0.1, 0.15) is 11.3 Å². The van der Waals surface area contributed by atoms with E-state index in [2.05, 4.69) is 4.98 Å². The lowest BCUT2D eigenvalue weighted by molar-refractivity contribution is -0.141. The largest absolute Gasteiger partial charge is 0.433 e. The predicted octanol–water partition coefficient (Wildman–Crippen LogP) is 0.969. The van der Waals surface area contributed by atoms with Crippen molar-refractivity contribution < 1.29 is 21.6 Å². The molecule has 5 nitrogen and oxygen atoms in total. The Morgan fingerprint density at radius 2 is 1.86 bits per heavy atom. The van der Waals surface area contributed by atoms with Gasteiger partial charge in [-0.2, -0.15) is 13.2 Å². The first-order valence-electron chi connectivity index (χ1n) is 5.93. The molecule has 1 saturated heterocycles. The van der Waals surface area contributed by atoms with E-state index in [9.17, 15) is 21.6 Å². The number of sulfone groups is 1. The number of pyridine rings is 1. The highest BCUT2D eigenvalue weighted by Gasteiger charge is 2.34. The van der Waals surface area contributed by atoms with Crippen molar-refractivity contribution in [1.82, 2.24) is 4.98 Å². The number of nitrogens with two attached hydrogens (primary N) is 1. The van der Waals surface area contributed by atoms with Crippen molar-refractivity contribution in [2.75, 3.05) is 29.5 Å². The molecule has 116 valence electrons. The molecule has 1 aliphatic rings. The van der Waals surface area contributed by atoms with E-state index >= 15 is 0 Å². The minimum atomic E-state index is -4.59. The summed E-state index contributed by atoms with van der Waals surface area (Å²) in [6, 6.07) is 1.97. The zero-order valence-corrected chi connectivity index (χ0v) is 12.4. The molecular formula is C11H12F3N3O2S2. The van der Waals surface area contributed by atoms with Gasteiger partial charge >= 0.3 is 6.18 Å². The van der Waals surface area contributed by atoms with Crippen LogP contribution in [-0.4, -0.2) is 43.0 Å². The van der Waals surface area contributed by atoms with Crippen LogP contribution in [-0.2, 0) is 16.0 Å². The maximum absolute atomic E-state index is 12.7. The molecule has 21 heavy (non-hydrogen) atoms. The Kier molecular flexibility index (Phi) is 4.11. The van der Waals surface area contributed by atoms with Crippen molar-refractivity contribution in [2.24, 2.45) is 5.73 Å². The van der Waals surface area contributed by atoms with Crippen molar-refractivity contribution >= 4 is 32.9 Å². The van der Waals surface area contributed by atoms with E-state index in [0.29, 0.717) is 0 Å². The normalized spacial score (nSPS) is 18.5. The van der Waals surface area contributed by atoms with Crippen molar-refractivity contribution in [1.29, 1.82) is 0 Å². The molecule has 1 fully saturated rings. The predicted molar refractivity (Wildman–Crippen MR) is 76.0 cm³/mol. The molecule has 0 unspecified atom stereocenters. The molecular weight excluding hydrogens is 327 g/mol. The molecule has 2 N–H and O–H groups in total. The summed E-state index contributed by atoms with van der Waals surface area (Å²) >= 11 is 4.81. The Labute approximate surface area is 124 Å². The van der Waals surface area contributed by atoms with Gasteiger partial charge in [0.05, 0.1) is 17.1 Å². The van der Waals surface area contributed by atoms with Crippen LogP contribution >= 0.6 is 12.2 Å². The van der Waals surface area contributed by atoms with Gasteiger partial charge in [0.25, 0.3) is 0 Å². The summed E-state index contributed by atoms with van der Waals surface area (Å²) in [5.74, 6) is -0.295. The summed E-state index contributed by atoms with van der Waals surface area (Å²) in [6.45, 7) is 0.124. The van der Waals surface area contributed by atoms with E-state index < -0.39 is 21.7 Å². The third-order valence-corrected chi connectivity index (χ3v) is 4.90. The molecule has 0 aromatic carbocycles. The van der Waals surface area contributed by atoms with Gasteiger partial charge in [-0.3, -0.25) is 0 Å². The summed E-state index contributed by atoms with van der Waals surface area (Å²) in [6.07, 6.45) is -4.59. The van der Waals surface area contributed by atoms with Crippen LogP contribution in [0.5, 0.6) is 0 Å². The number of anilines is 1. The van der Waals surface area contributed by atoms with Crippen LogP contribution in [0, 0.1) is 0 Å². The number of halogens is 3. The van der Waals surface area contributed by atoms with E-state index in [4.69, 9.17) is 18.0 Å². The minimum absolute atomic E-state index is 0.0211. The van der Waals surface area contributed by atoms with Crippen LogP contribution in [0.2, 0.25) is 0 Å². The number of nitrogens with zero attached hydrogens (tertiary/aromatic N) is 2. The summed E-state index contributed by atoms with van der Waals surface area (Å²) in [5, 5.41) is 0. The number of hydrogen-bond donors (Lipinski definition) is 1. The van der Waals surface area contributed by atoms with Crippen LogP contribution < -0.4 is 10.6 Å². The highest BCUT2D eigenvalue weighted by molar-refractivity contribution is 7.91. The van der Waals surface area contributed by atoms with Crippen LogP contribution in [0.15, 0.2) is 12.1 Å². The van der Waals surface area contributed by atoms with Gasteiger partial charge in [0.1, 0.15) is 16.5 Å². The number of aromatic nitrogens is 1.